The van der Waals surface area contributed by atoms with Crippen LogP contribution >= 0.6 is 23.2 Å². The van der Waals surface area contributed by atoms with E-state index in [0.29, 0.717) is 39.4 Å². The van der Waals surface area contributed by atoms with Gasteiger partial charge in [-0.15, -0.1) is 0 Å². The molecule has 0 radical (unpaired) electrons. The summed E-state index contributed by atoms with van der Waals surface area (Å²) in [5.41, 5.74) is 1.45. The van der Waals surface area contributed by atoms with Gasteiger partial charge in [-0.05, 0) is 6.07 Å². The maximum atomic E-state index is 14.1. The molecule has 2 aromatic heterocycles. The average Bonchev–Trinajstić information content (AvgIpc) is 3.08. The molecule has 1 N–H and O–H groups in total. The molecule has 1 aliphatic rings. The average molecular weight is 427 g/mol. The van der Waals surface area contributed by atoms with E-state index in [0.717, 1.165) is 4.90 Å². The van der Waals surface area contributed by atoms with Crippen LogP contribution in [0.15, 0.2) is 24.5 Å². The van der Waals surface area contributed by atoms with Crippen LogP contribution in [0.5, 0.6) is 5.75 Å². The van der Waals surface area contributed by atoms with Gasteiger partial charge >= 0.3 is 0 Å². The SMILES string of the molecule is COc1cnc(C(=O)N2CCc3[nH]c4c(Cl)c(Cl)ccc4c3[C@@H]2C(F)F)nc1. The molecule has 1 aliphatic heterocycles. The highest BCUT2D eigenvalue weighted by Crippen LogP contribution is 2.42. The number of fused-ring (bicyclic) bond motifs is 3. The molecule has 3 aromatic rings. The number of rotatable bonds is 3. The molecule has 0 fully saturated rings. The minimum Gasteiger partial charge on any atom is -0.494 e. The molecule has 4 rings (SSSR count). The van der Waals surface area contributed by atoms with E-state index in [1.54, 1.807) is 12.1 Å². The van der Waals surface area contributed by atoms with Gasteiger partial charge in [-0.1, -0.05) is 29.3 Å². The molecule has 1 atom stereocenters. The Hall–Kier alpha value is -2.45. The third-order valence-corrected chi connectivity index (χ3v) is 5.58. The lowest BCUT2D eigenvalue weighted by atomic mass is 9.95. The van der Waals surface area contributed by atoms with Gasteiger partial charge in [-0.3, -0.25) is 4.79 Å². The Morgan fingerprint density at radius 2 is 2.04 bits per heavy atom. The van der Waals surface area contributed by atoms with E-state index in [9.17, 15) is 13.6 Å². The van der Waals surface area contributed by atoms with Crippen molar-refractivity contribution in [1.82, 2.24) is 19.9 Å². The minimum absolute atomic E-state index is 0.0917. The van der Waals surface area contributed by atoms with Crippen molar-refractivity contribution in [1.29, 1.82) is 0 Å². The number of nitrogens with one attached hydrogen (secondary N) is 1. The number of methoxy groups -OCH3 is 1. The maximum Gasteiger partial charge on any atom is 0.292 e. The summed E-state index contributed by atoms with van der Waals surface area (Å²) in [4.78, 5) is 24.9. The number of alkyl halides is 2. The van der Waals surface area contributed by atoms with Crippen LogP contribution in [-0.2, 0) is 6.42 Å². The molecule has 0 saturated heterocycles. The summed E-state index contributed by atoms with van der Waals surface area (Å²) in [6, 6.07) is 1.73. The monoisotopic (exact) mass is 426 g/mol. The van der Waals surface area contributed by atoms with Crippen LogP contribution in [0.3, 0.4) is 0 Å². The lowest BCUT2D eigenvalue weighted by molar-refractivity contribution is 0.0161. The molecule has 3 heterocycles. The number of aromatic amines is 1. The van der Waals surface area contributed by atoms with Gasteiger partial charge in [0.15, 0.2) is 5.75 Å². The first-order valence-corrected chi connectivity index (χ1v) is 9.11. The normalized spacial score (nSPS) is 16.5. The van der Waals surface area contributed by atoms with Gasteiger partial charge in [0.2, 0.25) is 5.82 Å². The number of hydrogen-bond donors (Lipinski definition) is 1. The van der Waals surface area contributed by atoms with E-state index >= 15 is 0 Å². The van der Waals surface area contributed by atoms with Crippen molar-refractivity contribution in [2.75, 3.05) is 13.7 Å². The second-order valence-electron chi connectivity index (χ2n) is 6.28. The molecule has 6 nitrogen and oxygen atoms in total. The fraction of sp³-hybridized carbons (Fsp3) is 0.278. The molecular formula is C18H14Cl2F2N4O2. The zero-order chi connectivity index (χ0) is 20.0. The van der Waals surface area contributed by atoms with Crippen molar-refractivity contribution in [3.05, 3.63) is 51.7 Å². The molecule has 0 bridgehead atoms. The summed E-state index contributed by atoms with van der Waals surface area (Å²) >= 11 is 12.3. The van der Waals surface area contributed by atoms with Crippen LogP contribution in [0.1, 0.15) is 27.9 Å². The van der Waals surface area contributed by atoms with Gasteiger partial charge in [-0.2, -0.15) is 0 Å². The van der Waals surface area contributed by atoms with Crippen LogP contribution in [0.4, 0.5) is 8.78 Å². The van der Waals surface area contributed by atoms with E-state index in [4.69, 9.17) is 27.9 Å². The van der Waals surface area contributed by atoms with E-state index in [2.05, 4.69) is 15.0 Å². The van der Waals surface area contributed by atoms with Crippen LogP contribution < -0.4 is 4.74 Å². The van der Waals surface area contributed by atoms with E-state index in [1.807, 2.05) is 0 Å². The van der Waals surface area contributed by atoms with Crippen molar-refractivity contribution in [2.45, 2.75) is 18.9 Å². The number of benzene rings is 1. The van der Waals surface area contributed by atoms with Crippen LogP contribution in [0.2, 0.25) is 10.0 Å². The zero-order valence-electron chi connectivity index (χ0n) is 14.5. The molecule has 0 unspecified atom stereocenters. The van der Waals surface area contributed by atoms with Gasteiger partial charge in [0.25, 0.3) is 12.3 Å². The second-order valence-corrected chi connectivity index (χ2v) is 7.06. The first-order chi connectivity index (χ1) is 13.4. The summed E-state index contributed by atoms with van der Waals surface area (Å²) < 4.78 is 33.2. The number of halogens is 4. The third-order valence-electron chi connectivity index (χ3n) is 4.77. The quantitative estimate of drug-likeness (QED) is 0.678. The Kier molecular flexibility index (Phi) is 4.84. The van der Waals surface area contributed by atoms with Gasteiger partial charge in [-0.25, -0.2) is 18.7 Å². The number of carbonyl (C=O) groups is 1. The number of hydrogen-bond acceptors (Lipinski definition) is 4. The Bertz CT molecular complexity index is 1060. The fourth-order valence-electron chi connectivity index (χ4n) is 3.49. The molecule has 0 aliphatic carbocycles. The highest BCUT2D eigenvalue weighted by atomic mass is 35.5. The van der Waals surface area contributed by atoms with E-state index in [-0.39, 0.29) is 17.4 Å². The van der Waals surface area contributed by atoms with E-state index < -0.39 is 18.4 Å². The minimum atomic E-state index is -2.81. The van der Waals surface area contributed by atoms with Crippen molar-refractivity contribution in [2.24, 2.45) is 0 Å². The van der Waals surface area contributed by atoms with Crippen molar-refractivity contribution < 1.29 is 18.3 Å². The first-order valence-electron chi connectivity index (χ1n) is 8.36. The third kappa shape index (κ3) is 2.97. The molecule has 1 aromatic carbocycles. The summed E-state index contributed by atoms with van der Waals surface area (Å²) in [7, 11) is 1.44. The lowest BCUT2D eigenvalue weighted by Gasteiger charge is -2.35. The molecule has 146 valence electrons. The number of ether oxygens (including phenoxy) is 1. The molecular weight excluding hydrogens is 413 g/mol. The predicted molar refractivity (Wildman–Crippen MR) is 100 cm³/mol. The van der Waals surface area contributed by atoms with Gasteiger partial charge < -0.3 is 14.6 Å². The Labute approximate surface area is 168 Å². The number of nitrogens with zero attached hydrogens (tertiary/aromatic N) is 3. The first kappa shape index (κ1) is 18.9. The number of H-pyrrole nitrogens is 1. The summed E-state index contributed by atoms with van der Waals surface area (Å²) in [5, 5.41) is 1.10. The smallest absolute Gasteiger partial charge is 0.292 e. The molecule has 1 amide bonds. The molecule has 0 saturated carbocycles. The van der Waals surface area contributed by atoms with Gasteiger partial charge in [0.05, 0.1) is 35.1 Å². The topological polar surface area (TPSA) is 71.1 Å². The Morgan fingerprint density at radius 1 is 1.32 bits per heavy atom. The molecule has 28 heavy (non-hydrogen) atoms. The standard InChI is InChI=1S/C18H14Cl2F2N4O2/c1-28-8-6-23-17(24-7-8)18(27)26-5-4-11-12(15(26)16(21)22)9-2-3-10(19)13(20)14(9)25-11/h2-3,6-7,15-16,25H,4-5H2,1H3/t15-/m1/s1. The van der Waals surface area contributed by atoms with Crippen molar-refractivity contribution >= 4 is 40.0 Å². The zero-order valence-corrected chi connectivity index (χ0v) is 16.1. The molecule has 10 heteroatoms. The summed E-state index contributed by atoms with van der Waals surface area (Å²) in [6.45, 7) is 0.0917. The summed E-state index contributed by atoms with van der Waals surface area (Å²) in [6.07, 6.45) is 0.193. The van der Waals surface area contributed by atoms with Crippen LogP contribution in [-0.4, -0.2) is 45.8 Å². The maximum absolute atomic E-state index is 14.1. The fourth-order valence-corrected chi connectivity index (χ4v) is 3.86. The number of aromatic nitrogens is 3. The predicted octanol–water partition coefficient (Wildman–Crippen LogP) is 4.28. The van der Waals surface area contributed by atoms with E-state index in [1.165, 1.54) is 19.5 Å². The highest BCUT2D eigenvalue weighted by Gasteiger charge is 2.40. The van der Waals surface area contributed by atoms with Gasteiger partial charge in [0.1, 0.15) is 6.04 Å². The Morgan fingerprint density at radius 3 is 2.68 bits per heavy atom. The summed E-state index contributed by atoms with van der Waals surface area (Å²) in [5.74, 6) is -0.477. The lowest BCUT2D eigenvalue weighted by Crippen LogP contribution is -2.43. The van der Waals surface area contributed by atoms with Crippen molar-refractivity contribution in [3.63, 3.8) is 0 Å². The number of carbonyl (C=O) groups excluding carboxylic acids is 1. The van der Waals surface area contributed by atoms with Crippen molar-refractivity contribution in [3.8, 4) is 5.75 Å². The van der Waals surface area contributed by atoms with Crippen LogP contribution in [0, 0.1) is 0 Å². The number of amides is 1. The van der Waals surface area contributed by atoms with Crippen LogP contribution in [0.25, 0.3) is 10.9 Å². The Balaban J connectivity index is 1.79. The molecule has 0 spiro atoms. The highest BCUT2D eigenvalue weighted by molar-refractivity contribution is 6.45. The second kappa shape index (κ2) is 7.18. The van der Waals surface area contributed by atoms with Gasteiger partial charge in [0, 0.05) is 29.6 Å². The largest absolute Gasteiger partial charge is 0.494 e.